The van der Waals surface area contributed by atoms with E-state index in [0.29, 0.717) is 0 Å². The molecular weight excluding hydrogens is 356 g/mol. The summed E-state index contributed by atoms with van der Waals surface area (Å²) in [5.74, 6) is -1.16. The number of nitrogen functional groups attached to an aromatic ring is 1. The maximum atomic E-state index is 13.2. The van der Waals surface area contributed by atoms with Gasteiger partial charge in [-0.25, -0.2) is 4.39 Å². The van der Waals surface area contributed by atoms with Crippen molar-refractivity contribution in [2.24, 2.45) is 0 Å². The Bertz CT molecular complexity index is 613. The molecule has 1 aromatic carbocycles. The first-order valence-electron chi connectivity index (χ1n) is 6.00. The fourth-order valence-electron chi connectivity index (χ4n) is 2.01. The molecule has 0 fully saturated rings. The highest BCUT2D eigenvalue weighted by Gasteiger charge is 2.35. The van der Waals surface area contributed by atoms with Crippen molar-refractivity contribution in [3.05, 3.63) is 39.6 Å². The lowest BCUT2D eigenvalue weighted by Gasteiger charge is -2.27. The molecule has 0 bridgehead atoms. The third-order valence-electron chi connectivity index (χ3n) is 3.18. The quantitative estimate of drug-likeness (QED) is 0.469. The number of anilines is 1. The van der Waals surface area contributed by atoms with Gasteiger partial charge < -0.3 is 10.6 Å². The molecule has 1 aliphatic rings. The van der Waals surface area contributed by atoms with Crippen LogP contribution < -0.4 is 5.73 Å². The number of benzene rings is 1. The summed E-state index contributed by atoms with van der Waals surface area (Å²) in [6, 6.07) is 2.23. The molecule has 3 nitrogen and oxygen atoms in total. The SMILES string of the molecule is Nc1cc(C(=O)N2CC=C(C(F)(F)F)CC2)c(Br)cc1F. The van der Waals surface area contributed by atoms with Crippen molar-refractivity contribution < 1.29 is 22.4 Å². The lowest BCUT2D eigenvalue weighted by molar-refractivity contribution is -0.0957. The highest BCUT2D eigenvalue weighted by Crippen LogP contribution is 2.31. The lowest BCUT2D eigenvalue weighted by Crippen LogP contribution is -2.37. The summed E-state index contributed by atoms with van der Waals surface area (Å²) in [5, 5.41) is 0. The fourth-order valence-corrected chi connectivity index (χ4v) is 2.50. The molecule has 0 aliphatic carbocycles. The molecule has 8 heteroatoms. The van der Waals surface area contributed by atoms with Crippen molar-refractivity contribution in [2.45, 2.75) is 12.6 Å². The molecule has 0 saturated carbocycles. The minimum Gasteiger partial charge on any atom is -0.396 e. The monoisotopic (exact) mass is 366 g/mol. The highest BCUT2D eigenvalue weighted by atomic mass is 79.9. The zero-order valence-corrected chi connectivity index (χ0v) is 12.3. The van der Waals surface area contributed by atoms with Gasteiger partial charge in [-0.2, -0.15) is 13.2 Å². The number of nitrogens with two attached hydrogens (primary N) is 1. The van der Waals surface area contributed by atoms with Crippen LogP contribution in [0.2, 0.25) is 0 Å². The van der Waals surface area contributed by atoms with E-state index >= 15 is 0 Å². The van der Waals surface area contributed by atoms with E-state index in [4.69, 9.17) is 5.73 Å². The molecule has 21 heavy (non-hydrogen) atoms. The topological polar surface area (TPSA) is 46.3 Å². The molecule has 0 spiro atoms. The van der Waals surface area contributed by atoms with E-state index in [1.54, 1.807) is 0 Å². The van der Waals surface area contributed by atoms with Gasteiger partial charge in [0.2, 0.25) is 0 Å². The lowest BCUT2D eigenvalue weighted by atomic mass is 10.1. The third-order valence-corrected chi connectivity index (χ3v) is 3.83. The molecule has 1 aliphatic heterocycles. The van der Waals surface area contributed by atoms with Gasteiger partial charge in [-0.1, -0.05) is 6.08 Å². The van der Waals surface area contributed by atoms with Crippen molar-refractivity contribution in [1.29, 1.82) is 0 Å². The number of hydrogen-bond acceptors (Lipinski definition) is 2. The summed E-state index contributed by atoms with van der Waals surface area (Å²) < 4.78 is 51.0. The average Bonchev–Trinajstić information content (AvgIpc) is 2.41. The Morgan fingerprint density at radius 2 is 2.00 bits per heavy atom. The zero-order valence-electron chi connectivity index (χ0n) is 10.7. The molecular formula is C13H11BrF4N2O. The Kier molecular flexibility index (Phi) is 4.27. The van der Waals surface area contributed by atoms with Crippen LogP contribution in [-0.2, 0) is 0 Å². The van der Waals surface area contributed by atoms with Crippen LogP contribution >= 0.6 is 15.9 Å². The van der Waals surface area contributed by atoms with Crippen LogP contribution in [0.25, 0.3) is 0 Å². The van der Waals surface area contributed by atoms with Gasteiger partial charge in [0.05, 0.1) is 11.3 Å². The van der Waals surface area contributed by atoms with Crippen LogP contribution in [0.3, 0.4) is 0 Å². The average molecular weight is 367 g/mol. The van der Waals surface area contributed by atoms with Gasteiger partial charge in [0.1, 0.15) is 5.82 Å². The first-order valence-corrected chi connectivity index (χ1v) is 6.79. The molecule has 2 N–H and O–H groups in total. The summed E-state index contributed by atoms with van der Waals surface area (Å²) in [6.07, 6.45) is -3.64. The Morgan fingerprint density at radius 1 is 1.33 bits per heavy atom. The van der Waals surface area contributed by atoms with Crippen molar-refractivity contribution in [1.82, 2.24) is 4.90 Å². The maximum Gasteiger partial charge on any atom is 0.412 e. The van der Waals surface area contributed by atoms with Gasteiger partial charge in [0, 0.05) is 23.1 Å². The standard InChI is InChI=1S/C13H11BrF4N2O/c14-9-6-10(15)11(19)5-8(9)12(21)20-3-1-7(2-4-20)13(16,17)18/h1,5-6H,2-4,19H2. The van der Waals surface area contributed by atoms with Gasteiger partial charge in [-0.05, 0) is 34.5 Å². The summed E-state index contributed by atoms with van der Waals surface area (Å²) in [4.78, 5) is 13.5. The van der Waals surface area contributed by atoms with Crippen LogP contribution in [-0.4, -0.2) is 30.1 Å². The van der Waals surface area contributed by atoms with Crippen LogP contribution in [0.15, 0.2) is 28.3 Å². The largest absolute Gasteiger partial charge is 0.412 e. The molecule has 1 heterocycles. The Morgan fingerprint density at radius 3 is 2.52 bits per heavy atom. The van der Waals surface area contributed by atoms with E-state index in [1.165, 1.54) is 11.0 Å². The van der Waals surface area contributed by atoms with Crippen molar-refractivity contribution in [2.75, 3.05) is 18.8 Å². The van der Waals surface area contributed by atoms with Gasteiger partial charge in [-0.3, -0.25) is 4.79 Å². The van der Waals surface area contributed by atoms with Crippen LogP contribution in [0.4, 0.5) is 23.2 Å². The van der Waals surface area contributed by atoms with E-state index in [2.05, 4.69) is 15.9 Å². The Balaban J connectivity index is 2.20. The van der Waals surface area contributed by atoms with E-state index in [0.717, 1.165) is 12.1 Å². The zero-order chi connectivity index (χ0) is 15.8. The van der Waals surface area contributed by atoms with Gasteiger partial charge in [0.15, 0.2) is 0 Å². The van der Waals surface area contributed by atoms with Crippen LogP contribution in [0.5, 0.6) is 0 Å². The summed E-state index contributed by atoms with van der Waals surface area (Å²) >= 11 is 3.05. The minimum absolute atomic E-state index is 0.0477. The van der Waals surface area contributed by atoms with Crippen molar-refractivity contribution in [3.63, 3.8) is 0 Å². The third kappa shape index (κ3) is 3.37. The Labute approximate surface area is 126 Å². The number of halogens is 5. The number of nitrogens with zero attached hydrogens (tertiary/aromatic N) is 1. The van der Waals surface area contributed by atoms with E-state index in [1.807, 2.05) is 0 Å². The second-order valence-electron chi connectivity index (χ2n) is 4.58. The highest BCUT2D eigenvalue weighted by molar-refractivity contribution is 9.10. The van der Waals surface area contributed by atoms with E-state index in [9.17, 15) is 22.4 Å². The molecule has 0 saturated heterocycles. The van der Waals surface area contributed by atoms with Crippen LogP contribution in [0, 0.1) is 5.82 Å². The van der Waals surface area contributed by atoms with Crippen LogP contribution in [0.1, 0.15) is 16.8 Å². The summed E-state index contributed by atoms with van der Waals surface area (Å²) in [6.45, 7) is -0.189. The first kappa shape index (κ1) is 15.8. The second kappa shape index (κ2) is 5.67. The summed E-state index contributed by atoms with van der Waals surface area (Å²) in [7, 11) is 0. The van der Waals surface area contributed by atoms with Crippen molar-refractivity contribution in [3.8, 4) is 0 Å². The molecule has 1 aromatic rings. The predicted molar refractivity (Wildman–Crippen MR) is 73.2 cm³/mol. The van der Waals surface area contributed by atoms with Gasteiger partial charge in [0.25, 0.3) is 5.91 Å². The summed E-state index contributed by atoms with van der Waals surface area (Å²) in [5.41, 5.74) is 4.71. The molecule has 0 atom stereocenters. The number of carbonyl (C=O) groups is 1. The maximum absolute atomic E-state index is 13.2. The molecule has 2 rings (SSSR count). The molecule has 0 aromatic heterocycles. The molecule has 0 unspecified atom stereocenters. The van der Waals surface area contributed by atoms with Gasteiger partial charge in [-0.15, -0.1) is 0 Å². The predicted octanol–water partition coefficient (Wildman–Crippen LogP) is 3.51. The fraction of sp³-hybridized carbons (Fsp3) is 0.308. The first-order chi connectivity index (χ1) is 9.70. The minimum atomic E-state index is -4.37. The normalized spacial score (nSPS) is 15.9. The molecule has 114 valence electrons. The van der Waals surface area contributed by atoms with Crippen molar-refractivity contribution >= 4 is 27.5 Å². The van der Waals surface area contributed by atoms with E-state index in [-0.39, 0.29) is 35.2 Å². The number of amides is 1. The molecule has 1 amide bonds. The Hall–Kier alpha value is -1.57. The number of carbonyl (C=O) groups excluding carboxylic acids is 1. The number of alkyl halides is 3. The second-order valence-corrected chi connectivity index (χ2v) is 5.44. The van der Waals surface area contributed by atoms with E-state index < -0.39 is 23.5 Å². The number of hydrogen-bond donors (Lipinski definition) is 1. The molecule has 0 radical (unpaired) electrons. The smallest absolute Gasteiger partial charge is 0.396 e. The van der Waals surface area contributed by atoms with Gasteiger partial charge >= 0.3 is 6.18 Å². The number of rotatable bonds is 1.